The summed E-state index contributed by atoms with van der Waals surface area (Å²) in [5.41, 5.74) is 5.63. The van der Waals surface area contributed by atoms with Gasteiger partial charge in [-0.2, -0.15) is 0 Å². The van der Waals surface area contributed by atoms with Gasteiger partial charge in [-0.25, -0.2) is 0 Å². The molecule has 2 aliphatic rings. The highest BCUT2D eigenvalue weighted by Crippen LogP contribution is 2.40. The van der Waals surface area contributed by atoms with Crippen molar-refractivity contribution >= 4 is 5.57 Å². The first-order valence-corrected chi connectivity index (χ1v) is 8.90. The van der Waals surface area contributed by atoms with E-state index in [1.807, 2.05) is 0 Å². The third-order valence-electron chi connectivity index (χ3n) is 5.54. The molecule has 2 nitrogen and oxygen atoms in total. The number of aryl methyl sites for hydroxylation is 1. The molecule has 0 N–H and O–H groups in total. The molecule has 1 saturated heterocycles. The van der Waals surface area contributed by atoms with E-state index in [2.05, 4.69) is 66.4 Å². The van der Waals surface area contributed by atoms with Crippen LogP contribution in [0.1, 0.15) is 36.0 Å². The Hall–Kier alpha value is -2.06. The van der Waals surface area contributed by atoms with Crippen LogP contribution in [-0.4, -0.2) is 24.1 Å². The van der Waals surface area contributed by atoms with Crippen LogP contribution in [0.2, 0.25) is 0 Å². The summed E-state index contributed by atoms with van der Waals surface area (Å²) in [7, 11) is 1.75. The normalized spacial score (nSPS) is 23.2. The van der Waals surface area contributed by atoms with Gasteiger partial charge in [-0.05, 0) is 60.6 Å². The van der Waals surface area contributed by atoms with Crippen molar-refractivity contribution in [2.45, 2.75) is 44.8 Å². The Bertz CT molecular complexity index is 750. The highest BCUT2D eigenvalue weighted by Gasteiger charge is 2.36. The summed E-state index contributed by atoms with van der Waals surface area (Å²) in [5, 5.41) is 0. The van der Waals surface area contributed by atoms with Crippen molar-refractivity contribution in [2.75, 3.05) is 7.11 Å². The van der Waals surface area contributed by atoms with Crippen LogP contribution in [0.15, 0.2) is 54.6 Å². The number of hydrogen-bond donors (Lipinski definition) is 0. The Labute approximate surface area is 144 Å². The fraction of sp³-hybridized carbons (Fsp3) is 0.364. The van der Waals surface area contributed by atoms with Crippen LogP contribution in [0.25, 0.3) is 5.57 Å². The topological polar surface area (TPSA) is 12.5 Å². The van der Waals surface area contributed by atoms with Crippen molar-refractivity contribution in [2.24, 2.45) is 0 Å². The number of methoxy groups -OCH3 is 1. The van der Waals surface area contributed by atoms with E-state index in [0.29, 0.717) is 12.1 Å². The van der Waals surface area contributed by atoms with E-state index in [9.17, 15) is 0 Å². The van der Waals surface area contributed by atoms with Crippen LogP contribution in [0.3, 0.4) is 0 Å². The molecule has 2 heteroatoms. The zero-order valence-corrected chi connectivity index (χ0v) is 14.5. The van der Waals surface area contributed by atoms with Gasteiger partial charge in [0.05, 0.1) is 7.11 Å². The number of ether oxygens (including phenoxy) is 1. The predicted molar refractivity (Wildman–Crippen MR) is 99.1 cm³/mol. The predicted octanol–water partition coefficient (Wildman–Crippen LogP) is 4.82. The zero-order valence-electron chi connectivity index (χ0n) is 14.5. The third kappa shape index (κ3) is 2.87. The molecular formula is C22H25NO. The van der Waals surface area contributed by atoms with Gasteiger partial charge in [0.2, 0.25) is 0 Å². The maximum atomic E-state index is 5.43. The molecule has 2 atom stereocenters. The molecule has 2 aromatic rings. The van der Waals surface area contributed by atoms with Gasteiger partial charge in [0.25, 0.3) is 0 Å². The quantitative estimate of drug-likeness (QED) is 0.801. The third-order valence-corrected chi connectivity index (χ3v) is 5.54. The highest BCUT2D eigenvalue weighted by molar-refractivity contribution is 5.71. The SMILES string of the molecule is COc1ccc(C)c(C2=CC3CCC(C2)N3Cc2ccccc2)c1. The van der Waals surface area contributed by atoms with E-state index < -0.39 is 0 Å². The number of rotatable bonds is 4. The van der Waals surface area contributed by atoms with Crippen LogP contribution in [0, 0.1) is 6.92 Å². The largest absolute Gasteiger partial charge is 0.497 e. The molecular weight excluding hydrogens is 294 g/mol. The van der Waals surface area contributed by atoms with Crippen molar-refractivity contribution < 1.29 is 4.74 Å². The summed E-state index contributed by atoms with van der Waals surface area (Å²) in [6.07, 6.45) is 6.25. The average molecular weight is 319 g/mol. The maximum Gasteiger partial charge on any atom is 0.119 e. The lowest BCUT2D eigenvalue weighted by atomic mass is 9.91. The minimum atomic E-state index is 0.574. The number of fused-ring (bicyclic) bond motifs is 2. The van der Waals surface area contributed by atoms with Crippen molar-refractivity contribution in [3.8, 4) is 5.75 Å². The van der Waals surface area contributed by atoms with Gasteiger partial charge in [0, 0.05) is 18.6 Å². The summed E-state index contributed by atoms with van der Waals surface area (Å²) in [6, 6.07) is 18.5. The standard InChI is InChI=1S/C22H25NO/c1-16-8-11-21(24-2)14-22(16)18-12-19-9-10-20(13-18)23(19)15-17-6-4-3-5-7-17/h3-8,11-12,14,19-20H,9-10,13,15H2,1-2H3. The second-order valence-electron chi connectivity index (χ2n) is 7.03. The smallest absolute Gasteiger partial charge is 0.119 e. The fourth-order valence-corrected chi connectivity index (χ4v) is 4.23. The second-order valence-corrected chi connectivity index (χ2v) is 7.03. The van der Waals surface area contributed by atoms with E-state index in [1.165, 1.54) is 35.1 Å². The molecule has 24 heavy (non-hydrogen) atoms. The summed E-state index contributed by atoms with van der Waals surface area (Å²) in [5.74, 6) is 0.954. The Morgan fingerprint density at radius 3 is 2.67 bits per heavy atom. The van der Waals surface area contributed by atoms with E-state index in [1.54, 1.807) is 7.11 Å². The van der Waals surface area contributed by atoms with Crippen LogP contribution in [-0.2, 0) is 6.54 Å². The minimum absolute atomic E-state index is 0.574. The van der Waals surface area contributed by atoms with Crippen LogP contribution in [0.4, 0.5) is 0 Å². The summed E-state index contributed by atoms with van der Waals surface area (Å²) >= 11 is 0. The van der Waals surface area contributed by atoms with Gasteiger partial charge >= 0.3 is 0 Å². The van der Waals surface area contributed by atoms with E-state index in [4.69, 9.17) is 4.74 Å². The monoisotopic (exact) mass is 319 g/mol. The van der Waals surface area contributed by atoms with Crippen molar-refractivity contribution in [3.63, 3.8) is 0 Å². The maximum absolute atomic E-state index is 5.43. The molecule has 0 saturated carbocycles. The van der Waals surface area contributed by atoms with Gasteiger partial charge in [0.1, 0.15) is 5.75 Å². The average Bonchev–Trinajstić information content (AvgIpc) is 2.84. The van der Waals surface area contributed by atoms with Gasteiger partial charge in [-0.1, -0.05) is 42.5 Å². The lowest BCUT2D eigenvalue weighted by Gasteiger charge is -2.34. The molecule has 2 heterocycles. The molecule has 1 fully saturated rings. The molecule has 0 radical (unpaired) electrons. The Morgan fingerprint density at radius 2 is 1.92 bits per heavy atom. The molecule has 0 spiro atoms. The number of benzene rings is 2. The summed E-state index contributed by atoms with van der Waals surface area (Å²) in [4.78, 5) is 2.69. The molecule has 0 aliphatic carbocycles. The molecule has 4 rings (SSSR count). The van der Waals surface area contributed by atoms with Gasteiger partial charge < -0.3 is 4.74 Å². The molecule has 0 amide bonds. The fourth-order valence-electron chi connectivity index (χ4n) is 4.23. The summed E-state index contributed by atoms with van der Waals surface area (Å²) in [6.45, 7) is 3.27. The molecule has 2 unspecified atom stereocenters. The van der Waals surface area contributed by atoms with Crippen molar-refractivity contribution in [1.82, 2.24) is 4.90 Å². The van der Waals surface area contributed by atoms with E-state index in [-0.39, 0.29) is 0 Å². The molecule has 2 aromatic carbocycles. The first-order valence-electron chi connectivity index (χ1n) is 8.90. The second kappa shape index (κ2) is 6.45. The van der Waals surface area contributed by atoms with E-state index >= 15 is 0 Å². The van der Waals surface area contributed by atoms with Gasteiger partial charge in [-0.15, -0.1) is 0 Å². The van der Waals surface area contributed by atoms with Crippen LogP contribution in [0.5, 0.6) is 5.75 Å². The Balaban J connectivity index is 1.60. The summed E-state index contributed by atoms with van der Waals surface area (Å²) < 4.78 is 5.43. The van der Waals surface area contributed by atoms with Crippen LogP contribution >= 0.6 is 0 Å². The number of hydrogen-bond acceptors (Lipinski definition) is 2. The van der Waals surface area contributed by atoms with Crippen molar-refractivity contribution in [1.29, 1.82) is 0 Å². The highest BCUT2D eigenvalue weighted by atomic mass is 16.5. The molecule has 2 aliphatic heterocycles. The van der Waals surface area contributed by atoms with E-state index in [0.717, 1.165) is 18.7 Å². The zero-order chi connectivity index (χ0) is 16.5. The molecule has 2 bridgehead atoms. The Morgan fingerprint density at radius 1 is 1.08 bits per heavy atom. The van der Waals surface area contributed by atoms with Crippen molar-refractivity contribution in [3.05, 3.63) is 71.3 Å². The van der Waals surface area contributed by atoms with Crippen LogP contribution < -0.4 is 4.74 Å². The minimum Gasteiger partial charge on any atom is -0.497 e. The number of nitrogens with zero attached hydrogens (tertiary/aromatic N) is 1. The lowest BCUT2D eigenvalue weighted by molar-refractivity contribution is 0.203. The first-order chi connectivity index (χ1) is 11.7. The molecule has 124 valence electrons. The van der Waals surface area contributed by atoms with Gasteiger partial charge in [-0.3, -0.25) is 4.90 Å². The van der Waals surface area contributed by atoms with Gasteiger partial charge in [0.15, 0.2) is 0 Å². The first kappa shape index (κ1) is 15.5. The lowest BCUT2D eigenvalue weighted by Crippen LogP contribution is -2.37. The molecule has 0 aromatic heterocycles. The Kier molecular flexibility index (Phi) is 4.15.